The summed E-state index contributed by atoms with van der Waals surface area (Å²) in [6.45, 7) is 1.82. The van der Waals surface area contributed by atoms with Crippen LogP contribution in [0.1, 0.15) is 18.1 Å². The van der Waals surface area contributed by atoms with Crippen molar-refractivity contribution in [1.29, 1.82) is 0 Å². The van der Waals surface area contributed by atoms with Gasteiger partial charge in [0.2, 0.25) is 10.0 Å². The number of aryl methyl sites for hydroxylation is 1. The van der Waals surface area contributed by atoms with Crippen molar-refractivity contribution in [2.45, 2.75) is 24.8 Å². The number of rotatable bonds is 6. The molecule has 0 aliphatic carbocycles. The first-order valence-electron chi connectivity index (χ1n) is 6.88. The molecule has 0 radical (unpaired) electrons. The quantitative estimate of drug-likeness (QED) is 0.889. The van der Waals surface area contributed by atoms with E-state index < -0.39 is 15.8 Å². The predicted octanol–water partition coefficient (Wildman–Crippen LogP) is 2.88. The molecular weight excluding hydrogens is 305 g/mol. The van der Waals surface area contributed by atoms with Crippen molar-refractivity contribution in [2.24, 2.45) is 0 Å². The lowest BCUT2D eigenvalue weighted by atomic mass is 10.1. The molecule has 0 atom stereocenters. The first-order valence-corrected chi connectivity index (χ1v) is 8.36. The number of sulfonamides is 1. The number of halogens is 1. The molecule has 0 saturated carbocycles. The third-order valence-corrected chi connectivity index (χ3v) is 4.75. The Morgan fingerprint density at radius 2 is 1.86 bits per heavy atom. The van der Waals surface area contributed by atoms with Crippen LogP contribution in [0, 0.1) is 5.82 Å². The summed E-state index contributed by atoms with van der Waals surface area (Å²) in [6.07, 6.45) is 0.653. The summed E-state index contributed by atoms with van der Waals surface area (Å²) >= 11 is 0. The van der Waals surface area contributed by atoms with E-state index in [-0.39, 0.29) is 11.4 Å². The monoisotopic (exact) mass is 323 g/mol. The highest BCUT2D eigenvalue weighted by Gasteiger charge is 2.16. The third-order valence-electron chi connectivity index (χ3n) is 3.35. The number of nitrogens with one attached hydrogen (secondary N) is 1. The zero-order valence-electron chi connectivity index (χ0n) is 12.5. The van der Waals surface area contributed by atoms with Gasteiger partial charge in [0.1, 0.15) is 11.6 Å². The molecule has 0 aromatic heterocycles. The minimum absolute atomic E-state index is 0.0947. The van der Waals surface area contributed by atoms with Crippen LogP contribution in [0.4, 0.5) is 4.39 Å². The topological polar surface area (TPSA) is 55.4 Å². The average molecular weight is 323 g/mol. The van der Waals surface area contributed by atoms with E-state index in [1.54, 1.807) is 37.4 Å². The van der Waals surface area contributed by atoms with E-state index in [0.717, 1.165) is 5.56 Å². The van der Waals surface area contributed by atoms with Gasteiger partial charge in [0.25, 0.3) is 0 Å². The molecule has 0 amide bonds. The van der Waals surface area contributed by atoms with Crippen molar-refractivity contribution in [3.05, 3.63) is 59.4 Å². The summed E-state index contributed by atoms with van der Waals surface area (Å²) in [5.41, 5.74) is 1.10. The zero-order chi connectivity index (χ0) is 16.2. The fourth-order valence-corrected chi connectivity index (χ4v) is 3.15. The molecule has 0 aliphatic rings. The maximum atomic E-state index is 13.5. The summed E-state index contributed by atoms with van der Waals surface area (Å²) < 4.78 is 45.8. The SMILES string of the molecule is CCc1cc(S(=O)(=O)NCc2ccccc2F)ccc1OC. The van der Waals surface area contributed by atoms with Gasteiger partial charge in [-0.1, -0.05) is 25.1 Å². The van der Waals surface area contributed by atoms with Crippen molar-refractivity contribution in [3.63, 3.8) is 0 Å². The highest BCUT2D eigenvalue weighted by molar-refractivity contribution is 7.89. The summed E-state index contributed by atoms with van der Waals surface area (Å²) in [5.74, 6) is 0.213. The molecule has 0 heterocycles. The van der Waals surface area contributed by atoms with Crippen molar-refractivity contribution in [1.82, 2.24) is 4.72 Å². The lowest BCUT2D eigenvalue weighted by Gasteiger charge is -2.11. The van der Waals surface area contributed by atoms with Crippen LogP contribution in [-0.4, -0.2) is 15.5 Å². The first kappa shape index (κ1) is 16.5. The fourth-order valence-electron chi connectivity index (χ4n) is 2.10. The van der Waals surface area contributed by atoms with Crippen LogP contribution in [0.3, 0.4) is 0 Å². The molecular formula is C16H18FNO3S. The van der Waals surface area contributed by atoms with E-state index in [9.17, 15) is 12.8 Å². The maximum Gasteiger partial charge on any atom is 0.240 e. The highest BCUT2D eigenvalue weighted by atomic mass is 32.2. The predicted molar refractivity (Wildman–Crippen MR) is 82.8 cm³/mol. The number of methoxy groups -OCH3 is 1. The Kier molecular flexibility index (Phi) is 5.15. The van der Waals surface area contributed by atoms with Crippen LogP contribution in [0.15, 0.2) is 47.4 Å². The Labute approximate surface area is 130 Å². The number of hydrogen-bond donors (Lipinski definition) is 1. The molecule has 0 unspecified atom stereocenters. The van der Waals surface area contributed by atoms with E-state index in [1.807, 2.05) is 6.92 Å². The molecule has 118 valence electrons. The smallest absolute Gasteiger partial charge is 0.240 e. The van der Waals surface area contributed by atoms with Crippen molar-refractivity contribution < 1.29 is 17.5 Å². The van der Waals surface area contributed by atoms with Gasteiger partial charge in [0, 0.05) is 12.1 Å². The van der Waals surface area contributed by atoms with Gasteiger partial charge in [0.15, 0.2) is 0 Å². The van der Waals surface area contributed by atoms with Gasteiger partial charge in [-0.2, -0.15) is 0 Å². The molecule has 0 spiro atoms. The largest absolute Gasteiger partial charge is 0.496 e. The van der Waals surface area contributed by atoms with Gasteiger partial charge >= 0.3 is 0 Å². The summed E-state index contributed by atoms with van der Waals surface area (Å²) in [4.78, 5) is 0.140. The van der Waals surface area contributed by atoms with E-state index >= 15 is 0 Å². The van der Waals surface area contributed by atoms with Crippen LogP contribution >= 0.6 is 0 Å². The molecule has 2 aromatic carbocycles. The molecule has 22 heavy (non-hydrogen) atoms. The molecule has 6 heteroatoms. The molecule has 0 fully saturated rings. The maximum absolute atomic E-state index is 13.5. The molecule has 2 rings (SSSR count). The average Bonchev–Trinajstić information content (AvgIpc) is 2.53. The molecule has 0 bridgehead atoms. The van der Waals surface area contributed by atoms with Crippen LogP contribution in [0.25, 0.3) is 0 Å². The Bertz CT molecular complexity index is 760. The van der Waals surface area contributed by atoms with Crippen molar-refractivity contribution >= 4 is 10.0 Å². The van der Waals surface area contributed by atoms with Crippen molar-refractivity contribution in [2.75, 3.05) is 7.11 Å². The lowest BCUT2D eigenvalue weighted by molar-refractivity contribution is 0.409. The van der Waals surface area contributed by atoms with Crippen LogP contribution < -0.4 is 9.46 Å². The molecule has 0 aliphatic heterocycles. The van der Waals surface area contributed by atoms with E-state index in [0.29, 0.717) is 17.7 Å². The second-order valence-electron chi connectivity index (χ2n) is 4.74. The normalized spacial score (nSPS) is 11.4. The summed E-state index contributed by atoms with van der Waals surface area (Å²) in [5, 5.41) is 0. The molecule has 2 aromatic rings. The van der Waals surface area contributed by atoms with Crippen LogP contribution in [0.5, 0.6) is 5.75 Å². The number of ether oxygens (including phenoxy) is 1. The van der Waals surface area contributed by atoms with Crippen LogP contribution in [-0.2, 0) is 23.0 Å². The molecule has 4 nitrogen and oxygen atoms in total. The van der Waals surface area contributed by atoms with E-state index in [4.69, 9.17) is 4.74 Å². The Morgan fingerprint density at radius 3 is 2.50 bits per heavy atom. The Balaban J connectivity index is 2.22. The van der Waals surface area contributed by atoms with E-state index in [1.165, 1.54) is 12.1 Å². The number of benzene rings is 2. The third kappa shape index (κ3) is 3.64. The van der Waals surface area contributed by atoms with Gasteiger partial charge in [-0.15, -0.1) is 0 Å². The second-order valence-corrected chi connectivity index (χ2v) is 6.51. The minimum Gasteiger partial charge on any atom is -0.496 e. The summed E-state index contributed by atoms with van der Waals surface area (Å²) in [7, 11) is -2.16. The molecule has 0 saturated heterocycles. The van der Waals surface area contributed by atoms with Gasteiger partial charge in [-0.25, -0.2) is 17.5 Å². The highest BCUT2D eigenvalue weighted by Crippen LogP contribution is 2.23. The van der Waals surface area contributed by atoms with Crippen LogP contribution in [0.2, 0.25) is 0 Å². The standard InChI is InChI=1S/C16H18FNO3S/c1-3-12-10-14(8-9-16(12)21-2)22(19,20)18-11-13-6-4-5-7-15(13)17/h4-10,18H,3,11H2,1-2H3. The van der Waals surface area contributed by atoms with Gasteiger partial charge in [-0.3, -0.25) is 0 Å². The summed E-state index contributed by atoms with van der Waals surface area (Å²) in [6, 6.07) is 10.7. The van der Waals surface area contributed by atoms with Gasteiger partial charge in [-0.05, 0) is 36.2 Å². The lowest BCUT2D eigenvalue weighted by Crippen LogP contribution is -2.23. The van der Waals surface area contributed by atoms with E-state index in [2.05, 4.69) is 4.72 Å². The van der Waals surface area contributed by atoms with Gasteiger partial charge < -0.3 is 4.74 Å². The van der Waals surface area contributed by atoms with Crippen molar-refractivity contribution in [3.8, 4) is 5.75 Å². The second kappa shape index (κ2) is 6.89. The molecule has 1 N–H and O–H groups in total. The van der Waals surface area contributed by atoms with Gasteiger partial charge in [0.05, 0.1) is 12.0 Å². The Hall–Kier alpha value is -1.92. The zero-order valence-corrected chi connectivity index (χ0v) is 13.3. The Morgan fingerprint density at radius 1 is 1.14 bits per heavy atom. The number of hydrogen-bond acceptors (Lipinski definition) is 3. The fraction of sp³-hybridized carbons (Fsp3) is 0.250. The first-order chi connectivity index (χ1) is 10.5. The minimum atomic E-state index is -3.71.